The van der Waals surface area contributed by atoms with Crippen LogP contribution in [0.3, 0.4) is 0 Å². The number of H-pyrrole nitrogens is 2. The molecule has 5 rings (SSSR count). The summed E-state index contributed by atoms with van der Waals surface area (Å²) >= 11 is 9.71. The van der Waals surface area contributed by atoms with Gasteiger partial charge in [0.05, 0.1) is 38.6 Å². The van der Waals surface area contributed by atoms with Gasteiger partial charge in [0.1, 0.15) is 11.4 Å². The van der Waals surface area contributed by atoms with Gasteiger partial charge in [0.25, 0.3) is 0 Å². The van der Waals surface area contributed by atoms with E-state index in [2.05, 4.69) is 35.3 Å². The summed E-state index contributed by atoms with van der Waals surface area (Å²) in [6, 6.07) is 11.9. The van der Waals surface area contributed by atoms with Crippen molar-refractivity contribution in [2.75, 3.05) is 0 Å². The molecule has 5 heterocycles. The standard InChI is InChI=1S/C22H12N6S2/c29-11-23-21-17-5-3-15(26-17)9-13-1-2-14(25-13)10-16-4-6-18(27-16)22(24-12-30)20-8-7-19(21)28-20/h1-10,25-26H. The van der Waals surface area contributed by atoms with Gasteiger partial charge in [0.2, 0.25) is 0 Å². The van der Waals surface area contributed by atoms with Crippen LogP contribution in [0, 0.1) is 0 Å². The Bertz CT molecular complexity index is 1510. The van der Waals surface area contributed by atoms with Crippen LogP contribution in [0.25, 0.3) is 46.4 Å². The van der Waals surface area contributed by atoms with Gasteiger partial charge in [0.15, 0.2) is 0 Å². The number of nitrogens with one attached hydrogen (secondary N) is 2. The molecular formula is C22H12N6S2. The van der Waals surface area contributed by atoms with Crippen molar-refractivity contribution in [3.8, 4) is 0 Å². The van der Waals surface area contributed by atoms with Crippen LogP contribution >= 0.6 is 24.4 Å². The summed E-state index contributed by atoms with van der Waals surface area (Å²) in [5.41, 5.74) is 7.45. The minimum absolute atomic E-state index is 0.543. The number of aliphatic imine (C=N–C) groups is 2. The van der Waals surface area contributed by atoms with Gasteiger partial charge in [-0.05, 0) is 85.1 Å². The Morgan fingerprint density at radius 2 is 1.27 bits per heavy atom. The summed E-state index contributed by atoms with van der Waals surface area (Å²) < 4.78 is 0. The molecule has 142 valence electrons. The first kappa shape index (κ1) is 18.2. The Hall–Kier alpha value is -3.80. The van der Waals surface area contributed by atoms with Crippen LogP contribution in [-0.2, 0) is 0 Å². The number of hydrogen-bond acceptors (Lipinski definition) is 6. The van der Waals surface area contributed by atoms with E-state index >= 15 is 0 Å². The maximum atomic E-state index is 4.86. The first-order chi connectivity index (χ1) is 14.7. The number of fused-ring (bicyclic) bond motifs is 8. The highest BCUT2D eigenvalue weighted by Gasteiger charge is 2.13. The molecule has 0 atom stereocenters. The summed E-state index contributed by atoms with van der Waals surface area (Å²) in [4.78, 5) is 24.6. The lowest BCUT2D eigenvalue weighted by atomic mass is 10.2. The molecule has 0 aromatic carbocycles. The Morgan fingerprint density at radius 1 is 0.667 bits per heavy atom. The molecule has 2 aliphatic heterocycles. The van der Waals surface area contributed by atoms with Crippen LogP contribution in [0.1, 0.15) is 22.8 Å². The van der Waals surface area contributed by atoms with E-state index in [0.717, 1.165) is 27.8 Å². The lowest BCUT2D eigenvalue weighted by Gasteiger charge is -1.95. The third kappa shape index (κ3) is 3.37. The molecule has 3 aromatic rings. The number of aromatic nitrogens is 4. The lowest BCUT2D eigenvalue weighted by Crippen LogP contribution is -1.82. The van der Waals surface area contributed by atoms with Crippen LogP contribution in [0.4, 0.5) is 11.4 Å². The van der Waals surface area contributed by atoms with E-state index in [0.29, 0.717) is 28.5 Å². The van der Waals surface area contributed by atoms with Gasteiger partial charge in [-0.25, -0.2) is 9.97 Å². The summed E-state index contributed by atoms with van der Waals surface area (Å²) in [5, 5.41) is 4.88. The fourth-order valence-electron chi connectivity index (χ4n) is 3.37. The average Bonchev–Trinajstić information content (AvgIpc) is 3.53. The van der Waals surface area contributed by atoms with E-state index in [9.17, 15) is 0 Å². The maximum Gasteiger partial charge on any atom is 0.125 e. The smallest absolute Gasteiger partial charge is 0.125 e. The van der Waals surface area contributed by atoms with Crippen LogP contribution in [0.5, 0.6) is 0 Å². The van der Waals surface area contributed by atoms with E-state index in [-0.39, 0.29) is 0 Å². The third-order valence-electron chi connectivity index (χ3n) is 4.65. The first-order valence-corrected chi connectivity index (χ1v) is 9.81. The Balaban J connectivity index is 1.96. The molecule has 0 fully saturated rings. The third-order valence-corrected chi connectivity index (χ3v) is 4.84. The van der Waals surface area contributed by atoms with Crippen LogP contribution < -0.4 is 0 Å². The Kier molecular flexibility index (Phi) is 4.59. The minimum atomic E-state index is 0.543. The zero-order valence-corrected chi connectivity index (χ0v) is 17.0. The summed E-state index contributed by atoms with van der Waals surface area (Å²) in [5.74, 6) is 0. The average molecular weight is 425 g/mol. The van der Waals surface area contributed by atoms with E-state index in [1.54, 1.807) is 0 Å². The topological polar surface area (TPSA) is 82.1 Å². The van der Waals surface area contributed by atoms with Gasteiger partial charge < -0.3 is 9.97 Å². The predicted octanol–water partition coefficient (Wildman–Crippen LogP) is 6.12. The summed E-state index contributed by atoms with van der Waals surface area (Å²) in [7, 11) is 0. The zero-order chi connectivity index (χ0) is 20.5. The van der Waals surface area contributed by atoms with Gasteiger partial charge in [0, 0.05) is 16.6 Å². The molecule has 6 nitrogen and oxygen atoms in total. The number of hydrogen-bond donors (Lipinski definition) is 2. The molecule has 30 heavy (non-hydrogen) atoms. The van der Waals surface area contributed by atoms with Gasteiger partial charge >= 0.3 is 0 Å². The predicted molar refractivity (Wildman–Crippen MR) is 128 cm³/mol. The highest BCUT2D eigenvalue weighted by Crippen LogP contribution is 2.32. The van der Waals surface area contributed by atoms with Crippen molar-refractivity contribution in [2.24, 2.45) is 9.98 Å². The molecule has 3 aromatic heterocycles. The number of rotatable bonds is 2. The highest BCUT2D eigenvalue weighted by atomic mass is 32.1. The van der Waals surface area contributed by atoms with Gasteiger partial charge in [-0.2, -0.15) is 9.98 Å². The highest BCUT2D eigenvalue weighted by molar-refractivity contribution is 7.78. The lowest BCUT2D eigenvalue weighted by molar-refractivity contribution is 1.25. The molecule has 0 amide bonds. The van der Waals surface area contributed by atoms with E-state index in [1.807, 2.05) is 60.7 Å². The second-order valence-corrected chi connectivity index (χ2v) is 6.92. The van der Waals surface area contributed by atoms with Crippen LogP contribution in [-0.4, -0.2) is 30.3 Å². The quantitative estimate of drug-likeness (QED) is 0.264. The van der Waals surface area contributed by atoms with Gasteiger partial charge in [-0.3, -0.25) is 0 Å². The fraction of sp³-hybridized carbons (Fsp3) is 0. The van der Waals surface area contributed by atoms with Gasteiger partial charge in [-0.1, -0.05) is 0 Å². The maximum absolute atomic E-state index is 4.86. The first-order valence-electron chi connectivity index (χ1n) is 8.99. The molecule has 0 spiro atoms. The van der Waals surface area contributed by atoms with Crippen LogP contribution in [0.15, 0.2) is 46.4 Å². The zero-order valence-electron chi connectivity index (χ0n) is 15.4. The summed E-state index contributed by atoms with van der Waals surface area (Å²) in [6.45, 7) is 0. The molecule has 0 aliphatic carbocycles. The molecule has 0 saturated carbocycles. The molecule has 8 bridgehead atoms. The van der Waals surface area contributed by atoms with Gasteiger partial charge in [-0.15, -0.1) is 0 Å². The van der Waals surface area contributed by atoms with Crippen molar-refractivity contribution in [1.29, 1.82) is 0 Å². The largest absolute Gasteiger partial charge is 0.355 e. The molecule has 0 radical (unpaired) electrons. The fourth-order valence-corrected chi connectivity index (χ4v) is 3.55. The minimum Gasteiger partial charge on any atom is -0.355 e. The van der Waals surface area contributed by atoms with E-state index in [4.69, 9.17) is 29.4 Å². The number of aromatic amines is 2. The monoisotopic (exact) mass is 424 g/mol. The van der Waals surface area contributed by atoms with Crippen molar-refractivity contribution in [3.63, 3.8) is 0 Å². The van der Waals surface area contributed by atoms with Crippen molar-refractivity contribution < 1.29 is 0 Å². The number of thiocarbonyl (C=S) groups is 2. The second kappa shape index (κ2) is 7.55. The molecule has 0 saturated heterocycles. The molecule has 0 unspecified atom stereocenters. The normalized spacial score (nSPS) is 11.7. The van der Waals surface area contributed by atoms with Crippen molar-refractivity contribution in [2.45, 2.75) is 0 Å². The van der Waals surface area contributed by atoms with Crippen molar-refractivity contribution in [3.05, 3.63) is 59.2 Å². The van der Waals surface area contributed by atoms with E-state index in [1.165, 1.54) is 0 Å². The Labute approximate surface area is 181 Å². The van der Waals surface area contributed by atoms with Crippen LogP contribution in [0.2, 0.25) is 0 Å². The van der Waals surface area contributed by atoms with Crippen molar-refractivity contribution >= 4 is 92.5 Å². The summed E-state index contributed by atoms with van der Waals surface area (Å²) in [6.07, 6.45) is 7.51. The number of nitrogens with zero attached hydrogens (tertiary/aromatic N) is 4. The molecule has 8 heteroatoms. The van der Waals surface area contributed by atoms with E-state index < -0.39 is 0 Å². The molecule has 2 aliphatic rings. The molecular weight excluding hydrogens is 412 g/mol. The molecule has 2 N–H and O–H groups in total. The number of isothiocyanates is 2. The Morgan fingerprint density at radius 3 is 2.07 bits per heavy atom. The second-order valence-electron chi connectivity index (χ2n) is 6.56. The SMILES string of the molecule is S=C=Nc1c2nc(cc3ccc(cc4ccc([nH]4)c(N=C=S)c4nc1C=C4)[nH]3)C=C2. The van der Waals surface area contributed by atoms with Crippen molar-refractivity contribution in [1.82, 2.24) is 19.9 Å².